The molecule has 0 spiro atoms. The summed E-state index contributed by atoms with van der Waals surface area (Å²) in [6.07, 6.45) is 2.46. The Bertz CT molecular complexity index is 369. The molecule has 6 nitrogen and oxygen atoms in total. The molecule has 88 valence electrons. The van der Waals surface area contributed by atoms with Crippen LogP contribution in [0.2, 0.25) is 0 Å². The molecule has 1 aromatic heterocycles. The molecule has 0 saturated carbocycles. The van der Waals surface area contributed by atoms with Crippen LogP contribution in [-0.2, 0) is 17.9 Å². The number of nitrogens with two attached hydrogens (primary N) is 1. The summed E-state index contributed by atoms with van der Waals surface area (Å²) in [6.45, 7) is 4.81. The molecule has 6 heteroatoms. The first-order valence-corrected chi connectivity index (χ1v) is 5.59. The van der Waals surface area contributed by atoms with Crippen LogP contribution in [0.3, 0.4) is 0 Å². The number of hydrogen-bond donors (Lipinski definition) is 1. The molecule has 0 atom stereocenters. The highest BCUT2D eigenvalue weighted by Gasteiger charge is 2.29. The average molecular weight is 223 g/mol. The number of likely N-dealkylation sites (tertiary alicyclic amines) is 1. The fourth-order valence-electron chi connectivity index (χ4n) is 1.90. The molecule has 0 aliphatic carbocycles. The summed E-state index contributed by atoms with van der Waals surface area (Å²) in [5, 5.41) is 7.91. The largest absolute Gasteiger partial charge is 0.342 e. The van der Waals surface area contributed by atoms with E-state index in [0.29, 0.717) is 18.9 Å². The van der Waals surface area contributed by atoms with Gasteiger partial charge in [-0.05, 0) is 0 Å². The van der Waals surface area contributed by atoms with E-state index in [0.717, 1.165) is 25.3 Å². The molecular formula is C10H17N5O. The summed E-state index contributed by atoms with van der Waals surface area (Å²) in [7, 11) is 0. The van der Waals surface area contributed by atoms with Gasteiger partial charge in [0, 0.05) is 44.7 Å². The van der Waals surface area contributed by atoms with Crippen molar-refractivity contribution in [3.05, 3.63) is 11.9 Å². The van der Waals surface area contributed by atoms with Gasteiger partial charge in [-0.2, -0.15) is 0 Å². The molecule has 2 heterocycles. The van der Waals surface area contributed by atoms with Crippen molar-refractivity contribution in [1.82, 2.24) is 19.9 Å². The first-order valence-electron chi connectivity index (χ1n) is 5.59. The summed E-state index contributed by atoms with van der Waals surface area (Å²) in [5.41, 5.74) is 6.26. The third-order valence-electron chi connectivity index (χ3n) is 2.85. The standard InChI is InChI=1S/C10H17N5O/c1-2-10(16)14-4-8(5-14)6-15-7-9(3-11)12-13-15/h7-8H,2-6,11H2,1H3. The molecule has 1 amide bonds. The van der Waals surface area contributed by atoms with Gasteiger partial charge in [-0.15, -0.1) is 5.10 Å². The van der Waals surface area contributed by atoms with Crippen molar-refractivity contribution >= 4 is 5.91 Å². The van der Waals surface area contributed by atoms with Crippen molar-refractivity contribution in [2.45, 2.75) is 26.4 Å². The lowest BCUT2D eigenvalue weighted by Gasteiger charge is -2.39. The zero-order chi connectivity index (χ0) is 11.5. The van der Waals surface area contributed by atoms with E-state index in [1.807, 2.05) is 18.0 Å². The van der Waals surface area contributed by atoms with E-state index in [-0.39, 0.29) is 5.91 Å². The monoisotopic (exact) mass is 223 g/mol. The Labute approximate surface area is 94.4 Å². The number of rotatable bonds is 4. The molecule has 0 unspecified atom stereocenters. The lowest BCUT2D eigenvalue weighted by molar-refractivity contribution is -0.137. The van der Waals surface area contributed by atoms with Crippen LogP contribution >= 0.6 is 0 Å². The maximum atomic E-state index is 11.3. The third kappa shape index (κ3) is 2.21. The summed E-state index contributed by atoms with van der Waals surface area (Å²) in [4.78, 5) is 13.2. The zero-order valence-electron chi connectivity index (χ0n) is 9.46. The topological polar surface area (TPSA) is 77.0 Å². The first kappa shape index (κ1) is 11.1. The molecular weight excluding hydrogens is 206 g/mol. The molecule has 16 heavy (non-hydrogen) atoms. The van der Waals surface area contributed by atoms with Crippen molar-refractivity contribution < 1.29 is 4.79 Å². The van der Waals surface area contributed by atoms with E-state index in [1.54, 1.807) is 4.68 Å². The number of carbonyl (C=O) groups is 1. The lowest BCUT2D eigenvalue weighted by atomic mass is 10.00. The molecule has 1 fully saturated rings. The van der Waals surface area contributed by atoms with Crippen LogP contribution in [0.5, 0.6) is 0 Å². The van der Waals surface area contributed by atoms with Gasteiger partial charge in [-0.1, -0.05) is 12.1 Å². The molecule has 1 aliphatic rings. The van der Waals surface area contributed by atoms with Crippen LogP contribution in [0.4, 0.5) is 0 Å². The summed E-state index contributed by atoms with van der Waals surface area (Å²) < 4.78 is 1.81. The second kappa shape index (κ2) is 4.61. The molecule has 1 saturated heterocycles. The fraction of sp³-hybridized carbons (Fsp3) is 0.700. The number of aromatic nitrogens is 3. The average Bonchev–Trinajstić information content (AvgIpc) is 2.69. The van der Waals surface area contributed by atoms with Crippen LogP contribution in [0.1, 0.15) is 19.0 Å². The van der Waals surface area contributed by atoms with Gasteiger partial charge in [0.1, 0.15) is 0 Å². The third-order valence-corrected chi connectivity index (χ3v) is 2.85. The van der Waals surface area contributed by atoms with Gasteiger partial charge in [-0.3, -0.25) is 9.48 Å². The number of carbonyl (C=O) groups excluding carboxylic acids is 1. The molecule has 0 bridgehead atoms. The first-order chi connectivity index (χ1) is 7.72. The number of nitrogens with zero attached hydrogens (tertiary/aromatic N) is 4. The van der Waals surface area contributed by atoms with E-state index >= 15 is 0 Å². The maximum absolute atomic E-state index is 11.3. The lowest BCUT2D eigenvalue weighted by Crippen LogP contribution is -2.51. The Hall–Kier alpha value is -1.43. The number of amides is 1. The predicted molar refractivity (Wildman–Crippen MR) is 58.3 cm³/mol. The highest BCUT2D eigenvalue weighted by Crippen LogP contribution is 2.17. The molecule has 0 radical (unpaired) electrons. The van der Waals surface area contributed by atoms with Gasteiger partial charge >= 0.3 is 0 Å². The van der Waals surface area contributed by atoms with Crippen molar-refractivity contribution in [3.8, 4) is 0 Å². The smallest absolute Gasteiger partial charge is 0.222 e. The van der Waals surface area contributed by atoms with Crippen molar-refractivity contribution in [3.63, 3.8) is 0 Å². The maximum Gasteiger partial charge on any atom is 0.222 e. The Morgan fingerprint density at radius 3 is 2.94 bits per heavy atom. The van der Waals surface area contributed by atoms with E-state index in [4.69, 9.17) is 5.73 Å². The molecule has 1 aliphatic heterocycles. The molecule has 0 aromatic carbocycles. The van der Waals surface area contributed by atoms with Gasteiger partial charge in [-0.25, -0.2) is 0 Å². The van der Waals surface area contributed by atoms with Gasteiger partial charge in [0.2, 0.25) is 5.91 Å². The van der Waals surface area contributed by atoms with Gasteiger partial charge in [0.05, 0.1) is 5.69 Å². The highest BCUT2D eigenvalue weighted by molar-refractivity contribution is 5.76. The van der Waals surface area contributed by atoms with Gasteiger partial charge in [0.25, 0.3) is 0 Å². The zero-order valence-corrected chi connectivity index (χ0v) is 9.46. The SMILES string of the molecule is CCC(=O)N1CC(Cn2cc(CN)nn2)C1. The van der Waals surface area contributed by atoms with Gasteiger partial charge in [0.15, 0.2) is 0 Å². The van der Waals surface area contributed by atoms with E-state index in [9.17, 15) is 4.79 Å². The van der Waals surface area contributed by atoms with Crippen LogP contribution in [-0.4, -0.2) is 38.9 Å². The van der Waals surface area contributed by atoms with Gasteiger partial charge < -0.3 is 10.6 Å². The predicted octanol–water partition coefficient (Wildman–Crippen LogP) is -0.395. The second-order valence-electron chi connectivity index (χ2n) is 4.15. The number of hydrogen-bond acceptors (Lipinski definition) is 4. The van der Waals surface area contributed by atoms with Crippen molar-refractivity contribution in [2.24, 2.45) is 11.7 Å². The van der Waals surface area contributed by atoms with Crippen LogP contribution < -0.4 is 5.73 Å². The second-order valence-corrected chi connectivity index (χ2v) is 4.15. The minimum absolute atomic E-state index is 0.234. The van der Waals surface area contributed by atoms with E-state index in [1.165, 1.54) is 0 Å². The highest BCUT2D eigenvalue weighted by atomic mass is 16.2. The molecule has 2 rings (SSSR count). The quantitative estimate of drug-likeness (QED) is 0.754. The fourth-order valence-corrected chi connectivity index (χ4v) is 1.90. The minimum atomic E-state index is 0.234. The van der Waals surface area contributed by atoms with Crippen molar-refractivity contribution in [2.75, 3.05) is 13.1 Å². The summed E-state index contributed by atoms with van der Waals surface area (Å²) >= 11 is 0. The van der Waals surface area contributed by atoms with Crippen LogP contribution in [0.15, 0.2) is 6.20 Å². The van der Waals surface area contributed by atoms with E-state index < -0.39 is 0 Å². The minimum Gasteiger partial charge on any atom is -0.342 e. The Balaban J connectivity index is 1.79. The Kier molecular flexibility index (Phi) is 3.19. The summed E-state index contributed by atoms with van der Waals surface area (Å²) in [5.74, 6) is 0.736. The molecule has 1 aromatic rings. The molecule has 2 N–H and O–H groups in total. The van der Waals surface area contributed by atoms with Crippen molar-refractivity contribution in [1.29, 1.82) is 0 Å². The Morgan fingerprint density at radius 1 is 1.62 bits per heavy atom. The summed E-state index contributed by atoms with van der Waals surface area (Å²) in [6, 6.07) is 0. The Morgan fingerprint density at radius 2 is 2.38 bits per heavy atom. The normalized spacial score (nSPS) is 16.2. The van der Waals surface area contributed by atoms with Crippen LogP contribution in [0, 0.1) is 5.92 Å². The van der Waals surface area contributed by atoms with E-state index in [2.05, 4.69) is 10.3 Å². The van der Waals surface area contributed by atoms with Crippen LogP contribution in [0.25, 0.3) is 0 Å².